The van der Waals surface area contributed by atoms with E-state index in [4.69, 9.17) is 9.47 Å². The van der Waals surface area contributed by atoms with E-state index >= 15 is 0 Å². The second-order valence-electron chi connectivity index (χ2n) is 7.16. The number of nitrogens with one attached hydrogen (secondary N) is 1. The number of para-hydroxylation sites is 1. The van der Waals surface area contributed by atoms with Gasteiger partial charge in [-0.15, -0.1) is 0 Å². The molecule has 5 nitrogen and oxygen atoms in total. The van der Waals surface area contributed by atoms with Crippen LogP contribution in [0.1, 0.15) is 46.6 Å². The van der Waals surface area contributed by atoms with Crippen molar-refractivity contribution in [2.24, 2.45) is 0 Å². The van der Waals surface area contributed by atoms with E-state index in [9.17, 15) is 9.90 Å². The number of amides is 1. The Morgan fingerprint density at radius 1 is 1.17 bits per heavy atom. The minimum Gasteiger partial charge on any atom is -0.485 e. The molecule has 0 bridgehead atoms. The van der Waals surface area contributed by atoms with Crippen molar-refractivity contribution in [1.82, 2.24) is 5.32 Å². The van der Waals surface area contributed by atoms with Crippen LogP contribution in [0.25, 0.3) is 0 Å². The number of aryl methyl sites for hydroxylation is 1. The first-order chi connectivity index (χ1) is 10.6. The first-order valence-electron chi connectivity index (χ1n) is 7.97. The van der Waals surface area contributed by atoms with Crippen molar-refractivity contribution in [3.8, 4) is 5.75 Å². The predicted octanol–water partition coefficient (Wildman–Crippen LogP) is 3.29. The molecule has 0 aliphatic heterocycles. The van der Waals surface area contributed by atoms with Crippen LogP contribution in [-0.2, 0) is 11.2 Å². The van der Waals surface area contributed by atoms with Gasteiger partial charge < -0.3 is 19.9 Å². The molecule has 130 valence electrons. The van der Waals surface area contributed by atoms with Crippen molar-refractivity contribution in [3.05, 3.63) is 29.8 Å². The number of hydrogen-bond acceptors (Lipinski definition) is 4. The Bertz CT molecular complexity index is 506. The first-order valence-corrected chi connectivity index (χ1v) is 7.97. The fraction of sp³-hybridized carbons (Fsp3) is 0.611. The average molecular weight is 323 g/mol. The van der Waals surface area contributed by atoms with Gasteiger partial charge in [-0.2, -0.15) is 0 Å². The van der Waals surface area contributed by atoms with Gasteiger partial charge in [-0.05, 0) is 59.1 Å². The van der Waals surface area contributed by atoms with Crippen LogP contribution in [0.4, 0.5) is 4.79 Å². The summed E-state index contributed by atoms with van der Waals surface area (Å²) < 4.78 is 11.1. The highest BCUT2D eigenvalue weighted by atomic mass is 16.6. The summed E-state index contributed by atoms with van der Waals surface area (Å²) in [5, 5.41) is 12.1. The zero-order valence-corrected chi connectivity index (χ0v) is 14.8. The van der Waals surface area contributed by atoms with Gasteiger partial charge in [-0.1, -0.05) is 18.2 Å². The molecular formula is C18H29NO4. The van der Waals surface area contributed by atoms with E-state index in [2.05, 4.69) is 5.32 Å². The Morgan fingerprint density at radius 3 is 2.43 bits per heavy atom. The fourth-order valence-corrected chi connectivity index (χ4v) is 1.92. The molecular weight excluding hydrogens is 294 g/mol. The van der Waals surface area contributed by atoms with Gasteiger partial charge in [0.05, 0.1) is 6.61 Å². The lowest BCUT2D eigenvalue weighted by Crippen LogP contribution is -2.33. The third-order valence-electron chi connectivity index (χ3n) is 3.03. The summed E-state index contributed by atoms with van der Waals surface area (Å²) in [6.45, 7) is 9.67. The lowest BCUT2D eigenvalue weighted by molar-refractivity contribution is 0.0404. The predicted molar refractivity (Wildman–Crippen MR) is 90.8 cm³/mol. The van der Waals surface area contributed by atoms with E-state index in [1.807, 2.05) is 58.9 Å². The lowest BCUT2D eigenvalue weighted by atomic mass is 10.1. The van der Waals surface area contributed by atoms with Crippen LogP contribution in [0.15, 0.2) is 24.3 Å². The molecule has 2 N–H and O–H groups in total. The van der Waals surface area contributed by atoms with E-state index in [0.717, 1.165) is 24.2 Å². The molecule has 0 aromatic heterocycles. The van der Waals surface area contributed by atoms with E-state index in [-0.39, 0.29) is 6.61 Å². The van der Waals surface area contributed by atoms with Crippen molar-refractivity contribution < 1.29 is 19.4 Å². The number of alkyl carbamates (subject to hydrolysis) is 1. The summed E-state index contributed by atoms with van der Waals surface area (Å²) in [4.78, 5) is 11.6. The third-order valence-corrected chi connectivity index (χ3v) is 3.03. The third kappa shape index (κ3) is 7.88. The highest BCUT2D eigenvalue weighted by Crippen LogP contribution is 2.24. The van der Waals surface area contributed by atoms with Crippen molar-refractivity contribution in [2.45, 2.75) is 58.7 Å². The van der Waals surface area contributed by atoms with Crippen molar-refractivity contribution in [2.75, 3.05) is 13.2 Å². The molecule has 1 amide bonds. The molecule has 23 heavy (non-hydrogen) atoms. The zero-order chi connectivity index (χ0) is 17.5. The van der Waals surface area contributed by atoms with Gasteiger partial charge in [0.1, 0.15) is 17.0 Å². The maximum Gasteiger partial charge on any atom is 0.407 e. The van der Waals surface area contributed by atoms with Crippen LogP contribution in [0.5, 0.6) is 5.75 Å². The molecule has 0 fully saturated rings. The Kier molecular flexibility index (Phi) is 6.88. The van der Waals surface area contributed by atoms with E-state index in [1.165, 1.54) is 0 Å². The van der Waals surface area contributed by atoms with Crippen LogP contribution in [0.3, 0.4) is 0 Å². The molecule has 0 heterocycles. The standard InChI is InChI=1S/C18H29NO4/c1-17(2,3)23-16(21)19-12-8-10-14-9-6-7-11-15(14)22-18(4,5)13-20/h6-7,9,11,20H,8,10,12-13H2,1-5H3,(H,19,21). The molecule has 0 spiro atoms. The van der Waals surface area contributed by atoms with Crippen molar-refractivity contribution in [1.29, 1.82) is 0 Å². The minimum absolute atomic E-state index is 0.0540. The maximum atomic E-state index is 11.6. The highest BCUT2D eigenvalue weighted by Gasteiger charge is 2.20. The molecule has 5 heteroatoms. The summed E-state index contributed by atoms with van der Waals surface area (Å²) in [5.74, 6) is 0.767. The number of carbonyl (C=O) groups excluding carboxylic acids is 1. The molecule has 1 aromatic carbocycles. The highest BCUT2D eigenvalue weighted by molar-refractivity contribution is 5.67. The van der Waals surface area contributed by atoms with Crippen LogP contribution < -0.4 is 10.1 Å². The molecule has 0 saturated heterocycles. The van der Waals surface area contributed by atoms with Gasteiger partial charge in [0.25, 0.3) is 0 Å². The van der Waals surface area contributed by atoms with Gasteiger partial charge in [-0.25, -0.2) is 4.79 Å². The van der Waals surface area contributed by atoms with Gasteiger partial charge in [-0.3, -0.25) is 0 Å². The van der Waals surface area contributed by atoms with Crippen LogP contribution >= 0.6 is 0 Å². The number of rotatable bonds is 7. The quantitative estimate of drug-likeness (QED) is 0.756. The monoisotopic (exact) mass is 323 g/mol. The molecule has 1 aromatic rings. The van der Waals surface area contributed by atoms with E-state index < -0.39 is 17.3 Å². The Morgan fingerprint density at radius 2 is 1.83 bits per heavy atom. The molecule has 0 atom stereocenters. The number of aliphatic hydroxyl groups excluding tert-OH is 1. The summed E-state index contributed by atoms with van der Waals surface area (Å²) in [6, 6.07) is 7.75. The Labute approximate surface area is 139 Å². The molecule has 0 aliphatic rings. The second-order valence-corrected chi connectivity index (χ2v) is 7.16. The number of carbonyl (C=O) groups is 1. The molecule has 0 unspecified atom stereocenters. The van der Waals surface area contributed by atoms with Crippen molar-refractivity contribution in [3.63, 3.8) is 0 Å². The lowest BCUT2D eigenvalue weighted by Gasteiger charge is -2.25. The van der Waals surface area contributed by atoms with Gasteiger partial charge >= 0.3 is 6.09 Å². The fourth-order valence-electron chi connectivity index (χ4n) is 1.92. The molecule has 0 aliphatic carbocycles. The summed E-state index contributed by atoms with van der Waals surface area (Å²) in [6.07, 6.45) is 1.15. The van der Waals surface area contributed by atoms with Gasteiger partial charge in [0.2, 0.25) is 0 Å². The SMILES string of the molecule is CC(C)(C)OC(=O)NCCCc1ccccc1OC(C)(C)CO. The topological polar surface area (TPSA) is 67.8 Å². The smallest absolute Gasteiger partial charge is 0.407 e. The summed E-state index contributed by atoms with van der Waals surface area (Å²) in [5.41, 5.74) is -0.0503. The molecule has 0 saturated carbocycles. The first kappa shape index (κ1) is 19.3. The number of aliphatic hydroxyl groups is 1. The summed E-state index contributed by atoms with van der Waals surface area (Å²) >= 11 is 0. The second kappa shape index (κ2) is 8.20. The van der Waals surface area contributed by atoms with Crippen molar-refractivity contribution >= 4 is 6.09 Å². The van der Waals surface area contributed by atoms with Crippen LogP contribution in [-0.4, -0.2) is 35.6 Å². The number of ether oxygens (including phenoxy) is 2. The number of hydrogen-bond donors (Lipinski definition) is 2. The minimum atomic E-state index is -0.620. The number of benzene rings is 1. The summed E-state index contributed by atoms with van der Waals surface area (Å²) in [7, 11) is 0. The average Bonchev–Trinajstić information content (AvgIpc) is 2.43. The van der Waals surface area contributed by atoms with E-state index in [0.29, 0.717) is 6.54 Å². The zero-order valence-electron chi connectivity index (χ0n) is 14.8. The molecule has 0 radical (unpaired) electrons. The van der Waals surface area contributed by atoms with Gasteiger partial charge in [0, 0.05) is 6.54 Å². The molecule has 1 rings (SSSR count). The normalized spacial score (nSPS) is 11.9. The largest absolute Gasteiger partial charge is 0.485 e. The van der Waals surface area contributed by atoms with Gasteiger partial charge in [0.15, 0.2) is 0 Å². The van der Waals surface area contributed by atoms with E-state index in [1.54, 1.807) is 0 Å². The Balaban J connectivity index is 2.48. The Hall–Kier alpha value is -1.75. The van der Waals surface area contributed by atoms with Crippen LogP contribution in [0.2, 0.25) is 0 Å². The maximum absolute atomic E-state index is 11.6. The van der Waals surface area contributed by atoms with Crippen LogP contribution in [0, 0.1) is 0 Å².